The number of fused-ring (bicyclic) bond motifs is 3. The van der Waals surface area contributed by atoms with Gasteiger partial charge in [0.25, 0.3) is 5.91 Å². The molecule has 2 aromatic carbocycles. The number of pyridine rings is 1. The van der Waals surface area contributed by atoms with Crippen molar-refractivity contribution >= 4 is 39.4 Å². The lowest BCUT2D eigenvalue weighted by atomic mass is 10.0. The van der Waals surface area contributed by atoms with Crippen LogP contribution in [-0.2, 0) is 11.3 Å². The van der Waals surface area contributed by atoms with Crippen LogP contribution in [0, 0.1) is 5.92 Å². The number of carbonyl (C=O) groups excluding carboxylic acids is 2. The molecule has 37 heavy (non-hydrogen) atoms. The van der Waals surface area contributed by atoms with E-state index in [0.29, 0.717) is 45.6 Å². The van der Waals surface area contributed by atoms with Gasteiger partial charge in [-0.05, 0) is 43.2 Å². The molecule has 0 aliphatic carbocycles. The molecule has 1 aliphatic heterocycles. The number of ether oxygens (including phenoxy) is 2. The van der Waals surface area contributed by atoms with Gasteiger partial charge in [0.2, 0.25) is 18.1 Å². The topological polar surface area (TPSA) is 129 Å². The molecule has 10 heteroatoms. The van der Waals surface area contributed by atoms with E-state index in [1.807, 2.05) is 6.92 Å². The first-order valence-electron chi connectivity index (χ1n) is 11.9. The zero-order valence-electron chi connectivity index (χ0n) is 20.5. The SMILES string of the molecule is CCn1cc(C(=O)NC(C(=O)Nc2ccc3oc(=O)ccc3c2)C(C)C)c(=O)c2cc3c(cc21)OCO3. The van der Waals surface area contributed by atoms with E-state index in [-0.39, 0.29) is 18.3 Å². The molecule has 4 aromatic rings. The maximum atomic E-state index is 13.3. The molecule has 1 unspecified atom stereocenters. The fourth-order valence-corrected chi connectivity index (χ4v) is 4.33. The third-order valence-electron chi connectivity index (χ3n) is 6.28. The standard InChI is InChI=1S/C27H25N3O7/c1-4-30-12-18(25(32)17-10-21-22(11-19(17)30)36-13-35-21)26(33)29-24(14(2)3)27(34)28-16-6-7-20-15(9-16)5-8-23(31)37-20/h5-12,14,24H,4,13H2,1-3H3,(H,28,34)(H,29,33). The highest BCUT2D eigenvalue weighted by Gasteiger charge is 2.27. The Morgan fingerprint density at radius 1 is 1.03 bits per heavy atom. The highest BCUT2D eigenvalue weighted by atomic mass is 16.7. The average molecular weight is 504 g/mol. The molecule has 0 saturated heterocycles. The lowest BCUT2D eigenvalue weighted by Gasteiger charge is -2.22. The second-order valence-corrected chi connectivity index (χ2v) is 9.07. The zero-order valence-corrected chi connectivity index (χ0v) is 20.5. The third-order valence-corrected chi connectivity index (χ3v) is 6.28. The Morgan fingerprint density at radius 3 is 2.51 bits per heavy atom. The van der Waals surface area contributed by atoms with Crippen molar-refractivity contribution in [3.63, 3.8) is 0 Å². The van der Waals surface area contributed by atoms with E-state index in [1.54, 1.807) is 54.8 Å². The van der Waals surface area contributed by atoms with Crippen LogP contribution in [0.5, 0.6) is 11.5 Å². The first kappa shape index (κ1) is 24.1. The molecule has 190 valence electrons. The van der Waals surface area contributed by atoms with Gasteiger partial charge in [-0.3, -0.25) is 14.4 Å². The van der Waals surface area contributed by atoms with E-state index < -0.39 is 28.9 Å². The third kappa shape index (κ3) is 4.53. The van der Waals surface area contributed by atoms with E-state index in [9.17, 15) is 19.2 Å². The monoisotopic (exact) mass is 503 g/mol. The van der Waals surface area contributed by atoms with Gasteiger partial charge in [-0.2, -0.15) is 0 Å². The van der Waals surface area contributed by atoms with E-state index in [1.165, 1.54) is 12.3 Å². The fraction of sp³-hybridized carbons (Fsp3) is 0.259. The second kappa shape index (κ2) is 9.45. The summed E-state index contributed by atoms with van der Waals surface area (Å²) in [6.07, 6.45) is 1.49. The number of nitrogens with one attached hydrogen (secondary N) is 2. The Labute approximate surface area is 210 Å². The van der Waals surface area contributed by atoms with E-state index >= 15 is 0 Å². The van der Waals surface area contributed by atoms with Crippen LogP contribution in [0.25, 0.3) is 21.9 Å². The van der Waals surface area contributed by atoms with Gasteiger partial charge in [-0.15, -0.1) is 0 Å². The quantitative estimate of drug-likeness (QED) is 0.387. The highest BCUT2D eigenvalue weighted by Crippen LogP contribution is 2.35. The average Bonchev–Trinajstić information content (AvgIpc) is 3.34. The zero-order chi connectivity index (χ0) is 26.3. The molecule has 2 N–H and O–H groups in total. The summed E-state index contributed by atoms with van der Waals surface area (Å²) in [5, 5.41) is 6.49. The Hall–Kier alpha value is -4.60. The number of carbonyl (C=O) groups is 2. The maximum Gasteiger partial charge on any atom is 0.336 e. The van der Waals surface area contributed by atoms with Crippen LogP contribution in [0.3, 0.4) is 0 Å². The smallest absolute Gasteiger partial charge is 0.336 e. The van der Waals surface area contributed by atoms with Gasteiger partial charge in [-0.25, -0.2) is 4.79 Å². The number of rotatable bonds is 6. The van der Waals surface area contributed by atoms with Gasteiger partial charge in [0, 0.05) is 35.9 Å². The number of aryl methyl sites for hydroxylation is 1. The number of amides is 2. The van der Waals surface area contributed by atoms with Crippen molar-refractivity contribution in [2.75, 3.05) is 12.1 Å². The summed E-state index contributed by atoms with van der Waals surface area (Å²) < 4.78 is 17.7. The number of nitrogens with zero attached hydrogens (tertiary/aromatic N) is 1. The van der Waals surface area contributed by atoms with E-state index in [0.717, 1.165) is 0 Å². The summed E-state index contributed by atoms with van der Waals surface area (Å²) >= 11 is 0. The molecule has 0 spiro atoms. The minimum Gasteiger partial charge on any atom is -0.454 e. The van der Waals surface area contributed by atoms with Gasteiger partial charge < -0.3 is 29.1 Å². The predicted octanol–water partition coefficient (Wildman–Crippen LogP) is 3.25. The predicted molar refractivity (Wildman–Crippen MR) is 137 cm³/mol. The maximum absolute atomic E-state index is 13.3. The van der Waals surface area contributed by atoms with Crippen LogP contribution >= 0.6 is 0 Å². The van der Waals surface area contributed by atoms with Crippen molar-refractivity contribution in [2.24, 2.45) is 5.92 Å². The Kier molecular flexibility index (Phi) is 6.16. The van der Waals surface area contributed by atoms with Crippen molar-refractivity contribution in [3.05, 3.63) is 74.9 Å². The fourth-order valence-electron chi connectivity index (χ4n) is 4.33. The highest BCUT2D eigenvalue weighted by molar-refractivity contribution is 6.03. The Bertz CT molecular complexity index is 1670. The van der Waals surface area contributed by atoms with Crippen molar-refractivity contribution in [1.29, 1.82) is 0 Å². The molecule has 1 atom stereocenters. The lowest BCUT2D eigenvalue weighted by molar-refractivity contribution is -0.118. The van der Waals surface area contributed by atoms with Crippen LogP contribution in [0.15, 0.2) is 62.7 Å². The lowest BCUT2D eigenvalue weighted by Crippen LogP contribution is -2.48. The first-order chi connectivity index (χ1) is 17.7. The first-order valence-corrected chi connectivity index (χ1v) is 11.9. The summed E-state index contributed by atoms with van der Waals surface area (Å²) in [5.41, 5.74) is 0.486. The molecule has 5 rings (SSSR count). The minimum absolute atomic E-state index is 0.0656. The summed E-state index contributed by atoms with van der Waals surface area (Å²) in [4.78, 5) is 51.1. The molecule has 0 fully saturated rings. The molecular weight excluding hydrogens is 478 g/mol. The summed E-state index contributed by atoms with van der Waals surface area (Å²) in [5.74, 6) is -0.386. The van der Waals surface area contributed by atoms with Crippen LogP contribution in [0.4, 0.5) is 5.69 Å². The number of hydrogen-bond acceptors (Lipinski definition) is 7. The van der Waals surface area contributed by atoms with E-state index in [4.69, 9.17) is 13.9 Å². The molecule has 0 radical (unpaired) electrons. The summed E-state index contributed by atoms with van der Waals surface area (Å²) in [7, 11) is 0. The largest absolute Gasteiger partial charge is 0.454 e. The molecule has 2 amide bonds. The normalized spacial score (nSPS) is 13.2. The van der Waals surface area contributed by atoms with Crippen molar-refractivity contribution in [1.82, 2.24) is 9.88 Å². The number of anilines is 1. The number of benzene rings is 2. The van der Waals surface area contributed by atoms with Crippen molar-refractivity contribution in [3.8, 4) is 11.5 Å². The summed E-state index contributed by atoms with van der Waals surface area (Å²) in [6.45, 7) is 6.06. The van der Waals surface area contributed by atoms with E-state index in [2.05, 4.69) is 10.6 Å². The Morgan fingerprint density at radius 2 is 1.78 bits per heavy atom. The van der Waals surface area contributed by atoms with Crippen molar-refractivity contribution < 1.29 is 23.5 Å². The van der Waals surface area contributed by atoms with Gasteiger partial charge in [0.1, 0.15) is 17.2 Å². The van der Waals surface area contributed by atoms with Crippen molar-refractivity contribution in [2.45, 2.75) is 33.4 Å². The molecule has 0 saturated carbocycles. The Balaban J connectivity index is 1.42. The van der Waals surface area contributed by atoms with Gasteiger partial charge >= 0.3 is 5.63 Å². The van der Waals surface area contributed by atoms with Crippen LogP contribution < -0.4 is 31.2 Å². The molecular formula is C27H25N3O7. The van der Waals surface area contributed by atoms with Crippen LogP contribution in [0.1, 0.15) is 31.1 Å². The van der Waals surface area contributed by atoms with Gasteiger partial charge in [0.15, 0.2) is 11.5 Å². The van der Waals surface area contributed by atoms with Gasteiger partial charge in [-0.1, -0.05) is 13.8 Å². The molecule has 1 aliphatic rings. The molecule has 3 heterocycles. The number of hydrogen-bond donors (Lipinski definition) is 2. The van der Waals surface area contributed by atoms with Crippen LogP contribution in [-0.4, -0.2) is 29.2 Å². The van der Waals surface area contributed by atoms with Crippen LogP contribution in [0.2, 0.25) is 0 Å². The molecule has 0 bridgehead atoms. The summed E-state index contributed by atoms with van der Waals surface area (Å²) in [6, 6.07) is 10.1. The minimum atomic E-state index is -0.918. The molecule has 10 nitrogen and oxygen atoms in total. The van der Waals surface area contributed by atoms with Gasteiger partial charge in [0.05, 0.1) is 10.9 Å². The second-order valence-electron chi connectivity index (χ2n) is 9.07. The molecule has 2 aromatic heterocycles. The number of aromatic nitrogens is 1.